The van der Waals surface area contributed by atoms with E-state index in [-0.39, 0.29) is 0 Å². The molecule has 1 saturated heterocycles. The first-order valence-electron chi connectivity index (χ1n) is 8.58. The molecule has 3 heterocycles. The van der Waals surface area contributed by atoms with Gasteiger partial charge in [0.1, 0.15) is 17.2 Å². The normalized spacial score (nSPS) is 17.9. The first kappa shape index (κ1) is 15.9. The second-order valence-electron chi connectivity index (χ2n) is 6.49. The molecule has 0 bridgehead atoms. The maximum atomic E-state index is 5.27. The molecule has 0 amide bonds. The van der Waals surface area contributed by atoms with Gasteiger partial charge in [-0.2, -0.15) is 5.10 Å². The van der Waals surface area contributed by atoms with Crippen LogP contribution in [0.25, 0.3) is 11.3 Å². The number of H-pyrrole nitrogens is 1. The molecule has 1 fully saturated rings. The molecular formula is C19H22N4O2. The lowest BCUT2D eigenvalue weighted by atomic mass is 10.1. The molecule has 0 saturated carbocycles. The molecule has 6 heteroatoms. The van der Waals surface area contributed by atoms with Gasteiger partial charge in [0.15, 0.2) is 0 Å². The Morgan fingerprint density at radius 2 is 2.16 bits per heavy atom. The summed E-state index contributed by atoms with van der Waals surface area (Å²) in [6.45, 7) is 3.84. The Balaban J connectivity index is 1.56. The van der Waals surface area contributed by atoms with Crippen molar-refractivity contribution in [1.82, 2.24) is 20.3 Å². The minimum atomic E-state index is 0.316. The zero-order chi connectivity index (χ0) is 17.2. The van der Waals surface area contributed by atoms with Crippen LogP contribution in [0.15, 0.2) is 41.1 Å². The van der Waals surface area contributed by atoms with Crippen LogP contribution in [0.4, 0.5) is 0 Å². The third-order valence-corrected chi connectivity index (χ3v) is 4.82. The number of aryl methyl sites for hydroxylation is 1. The van der Waals surface area contributed by atoms with Gasteiger partial charge in [0.25, 0.3) is 0 Å². The summed E-state index contributed by atoms with van der Waals surface area (Å²) in [4.78, 5) is 2.45. The highest BCUT2D eigenvalue weighted by atomic mass is 16.5. The molecule has 130 valence electrons. The predicted octanol–water partition coefficient (Wildman–Crippen LogP) is 3.72. The number of hydrogen-bond acceptors (Lipinski definition) is 5. The summed E-state index contributed by atoms with van der Waals surface area (Å²) in [6.07, 6.45) is 4.21. The van der Waals surface area contributed by atoms with Gasteiger partial charge in [-0.1, -0.05) is 5.16 Å². The molecular weight excluding hydrogens is 316 g/mol. The molecule has 1 aromatic carbocycles. The number of ether oxygens (including phenoxy) is 1. The van der Waals surface area contributed by atoms with Crippen molar-refractivity contribution in [3.05, 3.63) is 53.5 Å². The zero-order valence-electron chi connectivity index (χ0n) is 14.5. The van der Waals surface area contributed by atoms with Crippen LogP contribution in [0, 0.1) is 6.92 Å². The third kappa shape index (κ3) is 3.17. The van der Waals surface area contributed by atoms with Crippen molar-refractivity contribution >= 4 is 0 Å². The fourth-order valence-corrected chi connectivity index (χ4v) is 3.55. The first-order chi connectivity index (χ1) is 12.2. The highest BCUT2D eigenvalue weighted by Gasteiger charge is 2.29. The van der Waals surface area contributed by atoms with Crippen molar-refractivity contribution in [2.24, 2.45) is 0 Å². The van der Waals surface area contributed by atoms with Crippen molar-refractivity contribution in [1.29, 1.82) is 0 Å². The van der Waals surface area contributed by atoms with Gasteiger partial charge in [-0.3, -0.25) is 10.00 Å². The van der Waals surface area contributed by atoms with Gasteiger partial charge < -0.3 is 9.26 Å². The van der Waals surface area contributed by atoms with E-state index in [2.05, 4.69) is 32.4 Å². The Kier molecular flexibility index (Phi) is 4.28. The molecule has 0 aliphatic carbocycles. The fourth-order valence-electron chi connectivity index (χ4n) is 3.55. The average Bonchev–Trinajstić information content (AvgIpc) is 3.36. The van der Waals surface area contributed by atoms with Gasteiger partial charge in [-0.15, -0.1) is 0 Å². The number of benzene rings is 1. The molecule has 1 N–H and O–H groups in total. The van der Waals surface area contributed by atoms with E-state index in [1.165, 1.54) is 12.0 Å². The van der Waals surface area contributed by atoms with Crippen molar-refractivity contribution in [2.45, 2.75) is 32.4 Å². The van der Waals surface area contributed by atoms with Gasteiger partial charge in [0.2, 0.25) is 0 Å². The second-order valence-corrected chi connectivity index (χ2v) is 6.49. The van der Waals surface area contributed by atoms with E-state index in [0.29, 0.717) is 6.04 Å². The molecule has 1 atom stereocenters. The summed E-state index contributed by atoms with van der Waals surface area (Å²) < 4.78 is 10.5. The molecule has 2 aromatic heterocycles. The monoisotopic (exact) mass is 338 g/mol. The van der Waals surface area contributed by atoms with Gasteiger partial charge in [0.05, 0.1) is 25.0 Å². The molecule has 1 unspecified atom stereocenters. The highest BCUT2D eigenvalue weighted by molar-refractivity contribution is 5.63. The predicted molar refractivity (Wildman–Crippen MR) is 94.2 cm³/mol. The fraction of sp³-hybridized carbons (Fsp3) is 0.368. The molecule has 1 aliphatic rings. The summed E-state index contributed by atoms with van der Waals surface area (Å²) in [5.41, 5.74) is 4.40. The summed E-state index contributed by atoms with van der Waals surface area (Å²) in [6, 6.07) is 10.4. The molecule has 6 nitrogen and oxygen atoms in total. The van der Waals surface area contributed by atoms with E-state index >= 15 is 0 Å². The number of rotatable bonds is 5. The lowest BCUT2D eigenvalue weighted by molar-refractivity contribution is 0.237. The Labute approximate surface area is 146 Å². The second kappa shape index (κ2) is 6.72. The average molecular weight is 338 g/mol. The minimum Gasteiger partial charge on any atom is -0.497 e. The molecule has 25 heavy (non-hydrogen) atoms. The van der Waals surface area contributed by atoms with Crippen molar-refractivity contribution in [3.8, 4) is 17.0 Å². The number of likely N-dealkylation sites (tertiary alicyclic amines) is 1. The third-order valence-electron chi connectivity index (χ3n) is 4.82. The van der Waals surface area contributed by atoms with Gasteiger partial charge in [-0.05, 0) is 50.6 Å². The number of nitrogens with one attached hydrogen (secondary N) is 1. The standard InChI is InChI=1S/C19H22N4O2/c1-13-10-17(22-25-13)18-4-3-9-23(18)12-15-11-20-21-19(15)14-5-7-16(24-2)8-6-14/h5-8,10-11,18H,3-4,9,12H2,1-2H3,(H,20,21). The Bertz CT molecular complexity index is 837. The van der Waals surface area contributed by atoms with Crippen LogP contribution in [0.3, 0.4) is 0 Å². The van der Waals surface area contributed by atoms with Gasteiger partial charge >= 0.3 is 0 Å². The number of nitrogens with zero attached hydrogens (tertiary/aromatic N) is 3. The molecule has 3 aromatic rings. The highest BCUT2D eigenvalue weighted by Crippen LogP contribution is 2.34. The van der Waals surface area contributed by atoms with E-state index < -0.39 is 0 Å². The lowest BCUT2D eigenvalue weighted by Gasteiger charge is -2.22. The maximum absolute atomic E-state index is 5.27. The van der Waals surface area contributed by atoms with Crippen LogP contribution < -0.4 is 4.74 Å². The van der Waals surface area contributed by atoms with Crippen LogP contribution in [0.5, 0.6) is 5.75 Å². The van der Waals surface area contributed by atoms with E-state index in [4.69, 9.17) is 9.26 Å². The summed E-state index contributed by atoms with van der Waals surface area (Å²) >= 11 is 0. The number of aromatic nitrogens is 3. The lowest BCUT2D eigenvalue weighted by Crippen LogP contribution is -2.23. The van der Waals surface area contributed by atoms with Crippen LogP contribution in [-0.4, -0.2) is 33.9 Å². The molecule has 0 spiro atoms. The Hall–Kier alpha value is -2.60. The largest absolute Gasteiger partial charge is 0.497 e. The molecule has 0 radical (unpaired) electrons. The van der Waals surface area contributed by atoms with Crippen molar-refractivity contribution in [3.63, 3.8) is 0 Å². The number of hydrogen-bond donors (Lipinski definition) is 1. The van der Waals surface area contributed by atoms with E-state index in [0.717, 1.165) is 48.0 Å². The first-order valence-corrected chi connectivity index (χ1v) is 8.58. The Morgan fingerprint density at radius 1 is 1.32 bits per heavy atom. The minimum absolute atomic E-state index is 0.316. The number of aromatic amines is 1. The summed E-state index contributed by atoms with van der Waals surface area (Å²) in [5.74, 6) is 1.72. The van der Waals surface area contributed by atoms with Crippen molar-refractivity contribution < 1.29 is 9.26 Å². The van der Waals surface area contributed by atoms with Crippen LogP contribution in [0.1, 0.15) is 35.9 Å². The van der Waals surface area contributed by atoms with Crippen LogP contribution in [0.2, 0.25) is 0 Å². The Morgan fingerprint density at radius 3 is 2.88 bits per heavy atom. The van der Waals surface area contributed by atoms with Crippen LogP contribution >= 0.6 is 0 Å². The van der Waals surface area contributed by atoms with Gasteiger partial charge in [-0.25, -0.2) is 0 Å². The van der Waals surface area contributed by atoms with Crippen LogP contribution in [-0.2, 0) is 6.54 Å². The number of methoxy groups -OCH3 is 1. The smallest absolute Gasteiger partial charge is 0.133 e. The van der Waals surface area contributed by atoms with E-state index in [9.17, 15) is 0 Å². The molecule has 1 aliphatic heterocycles. The molecule has 4 rings (SSSR count). The van der Waals surface area contributed by atoms with E-state index in [1.807, 2.05) is 31.3 Å². The van der Waals surface area contributed by atoms with Gasteiger partial charge in [0, 0.05) is 23.7 Å². The zero-order valence-corrected chi connectivity index (χ0v) is 14.5. The maximum Gasteiger partial charge on any atom is 0.133 e. The SMILES string of the molecule is COc1ccc(-c2[nH]ncc2CN2CCCC2c2cc(C)on2)cc1. The summed E-state index contributed by atoms with van der Waals surface area (Å²) in [7, 11) is 1.68. The quantitative estimate of drug-likeness (QED) is 0.768. The topological polar surface area (TPSA) is 67.2 Å². The van der Waals surface area contributed by atoms with Crippen molar-refractivity contribution in [2.75, 3.05) is 13.7 Å². The summed E-state index contributed by atoms with van der Waals surface area (Å²) in [5, 5.41) is 11.6. The van der Waals surface area contributed by atoms with E-state index in [1.54, 1.807) is 7.11 Å².